The predicted molar refractivity (Wildman–Crippen MR) is 87.5 cm³/mol. The maximum absolute atomic E-state index is 12.0. The smallest absolute Gasteiger partial charge is 0.251 e. The molecule has 0 saturated carbocycles. The van der Waals surface area contributed by atoms with Crippen molar-refractivity contribution < 1.29 is 9.53 Å². The number of benzene rings is 1. The monoisotopic (exact) mass is 299 g/mol. The molecule has 5 heteroatoms. The normalized spacial score (nSPS) is 10.3. The summed E-state index contributed by atoms with van der Waals surface area (Å²) in [6.45, 7) is 3.10. The third-order valence-corrected chi connectivity index (χ3v) is 3.25. The van der Waals surface area contributed by atoms with Gasteiger partial charge in [-0.1, -0.05) is 19.1 Å². The first-order chi connectivity index (χ1) is 10.7. The zero-order chi connectivity index (χ0) is 15.8. The SMILES string of the molecule is CCc1ccc(Nc2cc(C(=O)NCCOC)ccn2)cc1. The van der Waals surface area contributed by atoms with E-state index in [1.54, 1.807) is 25.4 Å². The van der Waals surface area contributed by atoms with E-state index in [2.05, 4.69) is 34.7 Å². The largest absolute Gasteiger partial charge is 0.383 e. The van der Waals surface area contributed by atoms with Crippen LogP contribution in [0.1, 0.15) is 22.8 Å². The Bertz CT molecular complexity index is 612. The van der Waals surface area contributed by atoms with Crippen LogP contribution in [0.4, 0.5) is 11.5 Å². The molecular weight excluding hydrogens is 278 g/mol. The van der Waals surface area contributed by atoms with Gasteiger partial charge in [0.15, 0.2) is 0 Å². The second kappa shape index (κ2) is 8.14. The van der Waals surface area contributed by atoms with Gasteiger partial charge < -0.3 is 15.4 Å². The van der Waals surface area contributed by atoms with Crippen molar-refractivity contribution >= 4 is 17.4 Å². The van der Waals surface area contributed by atoms with Gasteiger partial charge in [-0.2, -0.15) is 0 Å². The third kappa shape index (κ3) is 4.56. The molecule has 0 bridgehead atoms. The Morgan fingerprint density at radius 3 is 2.68 bits per heavy atom. The minimum Gasteiger partial charge on any atom is -0.383 e. The second-order valence-corrected chi connectivity index (χ2v) is 4.85. The first kappa shape index (κ1) is 16.0. The number of aryl methyl sites for hydroxylation is 1. The first-order valence-corrected chi connectivity index (χ1v) is 7.32. The summed E-state index contributed by atoms with van der Waals surface area (Å²) in [6, 6.07) is 11.6. The molecule has 1 heterocycles. The molecular formula is C17H21N3O2. The van der Waals surface area contributed by atoms with Crippen molar-refractivity contribution in [2.24, 2.45) is 0 Å². The molecule has 5 nitrogen and oxygen atoms in total. The highest BCUT2D eigenvalue weighted by molar-refractivity contribution is 5.94. The molecule has 0 spiro atoms. The van der Waals surface area contributed by atoms with Gasteiger partial charge in [-0.05, 0) is 36.2 Å². The van der Waals surface area contributed by atoms with Gasteiger partial charge in [-0.15, -0.1) is 0 Å². The van der Waals surface area contributed by atoms with E-state index in [9.17, 15) is 4.79 Å². The molecule has 22 heavy (non-hydrogen) atoms. The van der Waals surface area contributed by atoms with Gasteiger partial charge in [0.2, 0.25) is 0 Å². The summed E-state index contributed by atoms with van der Waals surface area (Å²) in [7, 11) is 1.60. The fourth-order valence-corrected chi connectivity index (χ4v) is 1.98. The van der Waals surface area contributed by atoms with Crippen LogP contribution in [0, 0.1) is 0 Å². The van der Waals surface area contributed by atoms with Crippen LogP contribution in [0.3, 0.4) is 0 Å². The Kier molecular flexibility index (Phi) is 5.91. The van der Waals surface area contributed by atoms with Gasteiger partial charge in [0, 0.05) is 31.1 Å². The maximum atomic E-state index is 12.0. The van der Waals surface area contributed by atoms with Crippen molar-refractivity contribution in [3.05, 3.63) is 53.7 Å². The van der Waals surface area contributed by atoms with Crippen LogP contribution in [0.15, 0.2) is 42.6 Å². The molecule has 2 N–H and O–H groups in total. The highest BCUT2D eigenvalue weighted by Crippen LogP contribution is 2.16. The van der Waals surface area contributed by atoms with E-state index in [4.69, 9.17) is 4.74 Å². The number of carbonyl (C=O) groups excluding carboxylic acids is 1. The number of pyridine rings is 1. The molecule has 0 radical (unpaired) electrons. The Balaban J connectivity index is 2.02. The molecule has 2 aromatic rings. The number of nitrogens with zero attached hydrogens (tertiary/aromatic N) is 1. The molecule has 2 rings (SSSR count). The van der Waals surface area contributed by atoms with E-state index in [1.165, 1.54) is 5.56 Å². The molecule has 0 aliphatic carbocycles. The minimum atomic E-state index is -0.135. The molecule has 0 fully saturated rings. The van der Waals surface area contributed by atoms with E-state index in [-0.39, 0.29) is 5.91 Å². The Labute approximate surface area is 130 Å². The molecule has 0 aliphatic rings. The molecule has 116 valence electrons. The third-order valence-electron chi connectivity index (χ3n) is 3.25. The fraction of sp³-hybridized carbons (Fsp3) is 0.294. The quantitative estimate of drug-likeness (QED) is 0.772. The lowest BCUT2D eigenvalue weighted by Crippen LogP contribution is -2.26. The summed E-state index contributed by atoms with van der Waals surface area (Å²) in [4.78, 5) is 16.2. The molecule has 0 atom stereocenters. The van der Waals surface area contributed by atoms with Crippen LogP contribution >= 0.6 is 0 Å². The summed E-state index contributed by atoms with van der Waals surface area (Å²) in [6.07, 6.45) is 2.63. The summed E-state index contributed by atoms with van der Waals surface area (Å²) in [5, 5.41) is 5.99. The van der Waals surface area contributed by atoms with Crippen LogP contribution < -0.4 is 10.6 Å². The average molecular weight is 299 g/mol. The number of hydrogen-bond acceptors (Lipinski definition) is 4. The molecule has 0 aliphatic heterocycles. The molecule has 1 aromatic heterocycles. The number of rotatable bonds is 7. The van der Waals surface area contributed by atoms with Crippen LogP contribution in [0.5, 0.6) is 0 Å². The van der Waals surface area contributed by atoms with Crippen molar-refractivity contribution in [1.82, 2.24) is 10.3 Å². The molecule has 0 saturated heterocycles. The highest BCUT2D eigenvalue weighted by Gasteiger charge is 2.06. The van der Waals surface area contributed by atoms with E-state index in [1.807, 2.05) is 12.1 Å². The Hall–Kier alpha value is -2.40. The van der Waals surface area contributed by atoms with Gasteiger partial charge >= 0.3 is 0 Å². The lowest BCUT2D eigenvalue weighted by Gasteiger charge is -2.08. The summed E-state index contributed by atoms with van der Waals surface area (Å²) in [5.41, 5.74) is 2.80. The van der Waals surface area contributed by atoms with Crippen molar-refractivity contribution in [3.63, 3.8) is 0 Å². The zero-order valence-electron chi connectivity index (χ0n) is 12.9. The molecule has 1 amide bonds. The van der Waals surface area contributed by atoms with Gasteiger partial charge in [-0.25, -0.2) is 4.98 Å². The average Bonchev–Trinajstić information content (AvgIpc) is 2.56. The maximum Gasteiger partial charge on any atom is 0.251 e. The number of carbonyl (C=O) groups is 1. The first-order valence-electron chi connectivity index (χ1n) is 7.32. The van der Waals surface area contributed by atoms with E-state index in [0.29, 0.717) is 24.5 Å². The van der Waals surface area contributed by atoms with Gasteiger partial charge in [-0.3, -0.25) is 4.79 Å². The fourth-order valence-electron chi connectivity index (χ4n) is 1.98. The Morgan fingerprint density at radius 1 is 1.23 bits per heavy atom. The Morgan fingerprint density at radius 2 is 2.00 bits per heavy atom. The topological polar surface area (TPSA) is 63.2 Å². The zero-order valence-corrected chi connectivity index (χ0v) is 12.9. The molecule has 1 aromatic carbocycles. The van der Waals surface area contributed by atoms with Crippen LogP contribution in [0.2, 0.25) is 0 Å². The van der Waals surface area contributed by atoms with Gasteiger partial charge in [0.05, 0.1) is 6.61 Å². The van der Waals surface area contributed by atoms with E-state index in [0.717, 1.165) is 12.1 Å². The standard InChI is InChI=1S/C17H21N3O2/c1-3-13-4-6-15(7-5-13)20-16-12-14(8-9-18-16)17(21)19-10-11-22-2/h4-9,12H,3,10-11H2,1-2H3,(H,18,20)(H,19,21). The highest BCUT2D eigenvalue weighted by atomic mass is 16.5. The van der Waals surface area contributed by atoms with Crippen molar-refractivity contribution in [1.29, 1.82) is 0 Å². The van der Waals surface area contributed by atoms with Crippen molar-refractivity contribution in [2.45, 2.75) is 13.3 Å². The number of aromatic nitrogens is 1. The van der Waals surface area contributed by atoms with Gasteiger partial charge in [0.25, 0.3) is 5.91 Å². The van der Waals surface area contributed by atoms with Crippen LogP contribution in [0.25, 0.3) is 0 Å². The lowest BCUT2D eigenvalue weighted by atomic mass is 10.1. The number of ether oxygens (including phenoxy) is 1. The van der Waals surface area contributed by atoms with Crippen LogP contribution in [-0.2, 0) is 11.2 Å². The number of methoxy groups -OCH3 is 1. The number of nitrogens with one attached hydrogen (secondary N) is 2. The van der Waals surface area contributed by atoms with Crippen LogP contribution in [-0.4, -0.2) is 31.2 Å². The predicted octanol–water partition coefficient (Wildman–Crippen LogP) is 2.76. The number of anilines is 2. The summed E-state index contributed by atoms with van der Waals surface area (Å²) in [5.74, 6) is 0.507. The minimum absolute atomic E-state index is 0.135. The van der Waals surface area contributed by atoms with E-state index < -0.39 is 0 Å². The summed E-state index contributed by atoms with van der Waals surface area (Å²) < 4.78 is 4.91. The van der Waals surface area contributed by atoms with Gasteiger partial charge in [0.1, 0.15) is 5.82 Å². The summed E-state index contributed by atoms with van der Waals surface area (Å²) >= 11 is 0. The van der Waals surface area contributed by atoms with Crippen molar-refractivity contribution in [2.75, 3.05) is 25.6 Å². The van der Waals surface area contributed by atoms with Crippen molar-refractivity contribution in [3.8, 4) is 0 Å². The lowest BCUT2D eigenvalue weighted by molar-refractivity contribution is 0.0937. The van der Waals surface area contributed by atoms with E-state index >= 15 is 0 Å². The molecule has 0 unspecified atom stereocenters. The second-order valence-electron chi connectivity index (χ2n) is 4.85. The number of hydrogen-bond donors (Lipinski definition) is 2. The number of amides is 1.